The maximum absolute atomic E-state index is 5.54. The topological polar surface area (TPSA) is 31.4 Å². The molecule has 13 heavy (non-hydrogen) atoms. The molecule has 3 nitrogen and oxygen atoms in total. The van der Waals surface area contributed by atoms with Gasteiger partial charge in [-0.3, -0.25) is 4.98 Å². The fraction of sp³-hybridized carbons (Fsp3) is 0.375. The molecular formula is C8H10NO2PS. The van der Waals surface area contributed by atoms with Gasteiger partial charge in [0.25, 0.3) is 0 Å². The minimum atomic E-state index is -1.43. The first kappa shape index (κ1) is 9.28. The third kappa shape index (κ3) is 2.35. The monoisotopic (exact) mass is 215 g/mol. The largest absolute Gasteiger partial charge is 0.331 e. The van der Waals surface area contributed by atoms with Crippen molar-refractivity contribution in [3.05, 3.63) is 30.1 Å². The number of nitrogens with zero attached hydrogens (tertiary/aromatic N) is 1. The summed E-state index contributed by atoms with van der Waals surface area (Å²) in [7, 11) is -1.43. The van der Waals surface area contributed by atoms with Gasteiger partial charge in [-0.1, -0.05) is 0 Å². The average molecular weight is 215 g/mol. The van der Waals surface area contributed by atoms with Crippen LogP contribution in [0.15, 0.2) is 24.5 Å². The van der Waals surface area contributed by atoms with E-state index in [0.29, 0.717) is 6.61 Å². The third-order valence-corrected chi connectivity index (χ3v) is 3.48. The van der Waals surface area contributed by atoms with Crippen LogP contribution >= 0.6 is 7.15 Å². The van der Waals surface area contributed by atoms with E-state index in [9.17, 15) is 0 Å². The second-order valence-electron chi connectivity index (χ2n) is 2.77. The van der Waals surface area contributed by atoms with Gasteiger partial charge in [-0.2, -0.15) is 0 Å². The Bertz CT molecular complexity index is 306. The van der Waals surface area contributed by atoms with E-state index in [1.54, 1.807) is 12.4 Å². The summed E-state index contributed by atoms with van der Waals surface area (Å²) >= 11 is 5.01. The predicted octanol–water partition coefficient (Wildman–Crippen LogP) is 2.07. The second-order valence-corrected chi connectivity index (χ2v) is 4.80. The maximum atomic E-state index is 5.54. The normalized spacial score (nSPS) is 28.6. The highest BCUT2D eigenvalue weighted by Crippen LogP contribution is 2.39. The Labute approximate surface area is 82.7 Å². The average Bonchev–Trinajstić information content (AvgIpc) is 2.19. The Morgan fingerprint density at radius 2 is 2.23 bits per heavy atom. The summed E-state index contributed by atoms with van der Waals surface area (Å²) < 4.78 is 10.7. The van der Waals surface area contributed by atoms with Crippen molar-refractivity contribution in [1.82, 2.24) is 4.98 Å². The molecule has 0 aromatic carbocycles. The first-order chi connectivity index (χ1) is 6.36. The standard InChI is InChI=1S/C8H10NO2PS/c13-12-10-6-3-8(11-12)7-1-4-9-5-2-7/h1-2,4-5,8,12H,3,6H2. The molecule has 5 heteroatoms. The van der Waals surface area contributed by atoms with Crippen LogP contribution < -0.4 is 0 Å². The number of hydrogen-bond acceptors (Lipinski definition) is 4. The summed E-state index contributed by atoms with van der Waals surface area (Å²) in [6.07, 6.45) is 4.53. The molecule has 0 N–H and O–H groups in total. The van der Waals surface area contributed by atoms with Crippen LogP contribution in [-0.4, -0.2) is 11.6 Å². The number of pyridine rings is 1. The molecule has 2 unspecified atom stereocenters. The lowest BCUT2D eigenvalue weighted by atomic mass is 10.1. The van der Waals surface area contributed by atoms with Crippen LogP contribution in [0.1, 0.15) is 18.1 Å². The van der Waals surface area contributed by atoms with Crippen molar-refractivity contribution < 1.29 is 9.05 Å². The van der Waals surface area contributed by atoms with Crippen LogP contribution in [0.4, 0.5) is 0 Å². The molecule has 1 fully saturated rings. The Morgan fingerprint density at radius 3 is 2.92 bits per heavy atom. The zero-order valence-corrected chi connectivity index (χ0v) is 8.79. The SMILES string of the molecule is S=[PH]1OCCC(c2ccncc2)O1. The van der Waals surface area contributed by atoms with Crippen LogP contribution in [0, 0.1) is 0 Å². The molecule has 2 atom stereocenters. The first-order valence-electron chi connectivity index (χ1n) is 4.09. The van der Waals surface area contributed by atoms with Gasteiger partial charge in [-0.05, 0) is 29.5 Å². The first-order valence-corrected chi connectivity index (χ1v) is 6.54. The molecule has 1 aromatic rings. The lowest BCUT2D eigenvalue weighted by Gasteiger charge is -2.24. The molecule has 0 radical (unpaired) electrons. The van der Waals surface area contributed by atoms with E-state index in [2.05, 4.69) is 4.98 Å². The van der Waals surface area contributed by atoms with Gasteiger partial charge in [-0.25, -0.2) is 0 Å². The molecule has 0 saturated carbocycles. The zero-order valence-electron chi connectivity index (χ0n) is 6.97. The Morgan fingerprint density at radius 1 is 1.46 bits per heavy atom. The highest BCUT2D eigenvalue weighted by atomic mass is 32.4. The molecule has 1 aromatic heterocycles. The van der Waals surface area contributed by atoms with Crippen LogP contribution in [0.2, 0.25) is 0 Å². The minimum Gasteiger partial charge on any atom is -0.331 e. The smallest absolute Gasteiger partial charge is 0.176 e. The van der Waals surface area contributed by atoms with Crippen molar-refractivity contribution in [1.29, 1.82) is 0 Å². The van der Waals surface area contributed by atoms with Gasteiger partial charge in [0.05, 0.1) is 12.7 Å². The van der Waals surface area contributed by atoms with Crippen molar-refractivity contribution in [3.63, 3.8) is 0 Å². The van der Waals surface area contributed by atoms with Crippen molar-refractivity contribution in [2.24, 2.45) is 0 Å². The van der Waals surface area contributed by atoms with Crippen molar-refractivity contribution in [2.45, 2.75) is 12.5 Å². The summed E-state index contributed by atoms with van der Waals surface area (Å²) in [6, 6.07) is 3.92. The summed E-state index contributed by atoms with van der Waals surface area (Å²) in [4.78, 5) is 3.95. The molecule has 1 aliphatic rings. The second kappa shape index (κ2) is 4.29. The van der Waals surface area contributed by atoms with E-state index < -0.39 is 7.15 Å². The molecule has 0 amide bonds. The summed E-state index contributed by atoms with van der Waals surface area (Å²) in [6.45, 7) is 0.713. The van der Waals surface area contributed by atoms with Crippen LogP contribution in [0.5, 0.6) is 0 Å². The summed E-state index contributed by atoms with van der Waals surface area (Å²) in [5.74, 6) is 0. The van der Waals surface area contributed by atoms with E-state index in [0.717, 1.165) is 12.0 Å². The van der Waals surface area contributed by atoms with Gasteiger partial charge in [0, 0.05) is 18.8 Å². The van der Waals surface area contributed by atoms with Crippen LogP contribution in [0.25, 0.3) is 0 Å². The van der Waals surface area contributed by atoms with Gasteiger partial charge in [0.1, 0.15) is 0 Å². The highest BCUT2D eigenvalue weighted by molar-refractivity contribution is 8.00. The molecular weight excluding hydrogens is 205 g/mol. The molecule has 70 valence electrons. The predicted molar refractivity (Wildman–Crippen MR) is 54.3 cm³/mol. The van der Waals surface area contributed by atoms with Crippen LogP contribution in [0.3, 0.4) is 0 Å². The van der Waals surface area contributed by atoms with E-state index in [-0.39, 0.29) is 6.10 Å². The highest BCUT2D eigenvalue weighted by Gasteiger charge is 2.18. The summed E-state index contributed by atoms with van der Waals surface area (Å²) in [5.41, 5.74) is 1.14. The number of hydrogen-bond donors (Lipinski definition) is 0. The van der Waals surface area contributed by atoms with Crippen molar-refractivity contribution in [3.8, 4) is 0 Å². The molecule has 2 heterocycles. The number of rotatable bonds is 1. The number of aromatic nitrogens is 1. The van der Waals surface area contributed by atoms with Gasteiger partial charge in [0.15, 0.2) is 7.15 Å². The Kier molecular flexibility index (Phi) is 3.06. The van der Waals surface area contributed by atoms with Crippen molar-refractivity contribution in [2.75, 3.05) is 6.61 Å². The lowest BCUT2D eigenvalue weighted by molar-refractivity contribution is 0.119. The van der Waals surface area contributed by atoms with E-state index in [1.165, 1.54) is 0 Å². The molecule has 1 saturated heterocycles. The van der Waals surface area contributed by atoms with Crippen molar-refractivity contribution >= 4 is 19.0 Å². The van der Waals surface area contributed by atoms with E-state index in [1.807, 2.05) is 12.1 Å². The Balaban J connectivity index is 2.13. The Hall–Kier alpha value is -0.280. The molecule has 1 aliphatic heterocycles. The third-order valence-electron chi connectivity index (χ3n) is 1.92. The molecule has 0 bridgehead atoms. The molecule has 2 rings (SSSR count). The van der Waals surface area contributed by atoms with Gasteiger partial charge in [0.2, 0.25) is 0 Å². The zero-order chi connectivity index (χ0) is 9.10. The van der Waals surface area contributed by atoms with Gasteiger partial charge in [-0.15, -0.1) is 0 Å². The summed E-state index contributed by atoms with van der Waals surface area (Å²) in [5, 5.41) is 0. The van der Waals surface area contributed by atoms with Crippen LogP contribution in [-0.2, 0) is 20.9 Å². The fourth-order valence-electron chi connectivity index (χ4n) is 1.27. The van der Waals surface area contributed by atoms with E-state index in [4.69, 9.17) is 20.9 Å². The molecule has 0 aliphatic carbocycles. The fourth-order valence-corrected chi connectivity index (χ4v) is 2.71. The van der Waals surface area contributed by atoms with Gasteiger partial charge >= 0.3 is 0 Å². The minimum absolute atomic E-state index is 0.114. The maximum Gasteiger partial charge on any atom is 0.176 e. The lowest BCUT2D eigenvalue weighted by Crippen LogP contribution is -2.08. The van der Waals surface area contributed by atoms with E-state index >= 15 is 0 Å². The quantitative estimate of drug-likeness (QED) is 0.671. The van der Waals surface area contributed by atoms with Gasteiger partial charge < -0.3 is 9.05 Å². The molecule has 0 spiro atoms.